The predicted octanol–water partition coefficient (Wildman–Crippen LogP) is 9.32. The third-order valence-electron chi connectivity index (χ3n) is 6.50. The fraction of sp³-hybridized carbons (Fsp3) is 0.226. The quantitative estimate of drug-likeness (QED) is 0.265. The number of hydrogen-bond donors (Lipinski definition) is 0. The van der Waals surface area contributed by atoms with E-state index in [2.05, 4.69) is 113 Å². The van der Waals surface area contributed by atoms with Gasteiger partial charge in [-0.1, -0.05) is 100 Å². The van der Waals surface area contributed by atoms with Crippen LogP contribution in [0.5, 0.6) is 0 Å². The van der Waals surface area contributed by atoms with Gasteiger partial charge in [-0.05, 0) is 87.0 Å². The summed E-state index contributed by atoms with van der Waals surface area (Å²) in [6.07, 6.45) is 1.03. The second kappa shape index (κ2) is 8.64. The van der Waals surface area contributed by atoms with E-state index in [0.717, 1.165) is 6.42 Å². The van der Waals surface area contributed by atoms with Gasteiger partial charge in [0, 0.05) is 9.79 Å². The number of rotatable bonds is 5. The van der Waals surface area contributed by atoms with Crippen molar-refractivity contribution in [1.29, 1.82) is 0 Å². The molecule has 0 aromatic heterocycles. The normalized spacial score (nSPS) is 12.3. The molecule has 1 aliphatic rings. The highest BCUT2D eigenvalue weighted by Gasteiger charge is 2.27. The summed E-state index contributed by atoms with van der Waals surface area (Å²) in [4.78, 5) is 2.56. The largest absolute Gasteiger partial charge is 0.0901 e. The lowest BCUT2D eigenvalue weighted by atomic mass is 9.80. The molecule has 0 atom stereocenters. The molecular formula is C31H30S. The first-order valence-electron chi connectivity index (χ1n) is 11.6. The van der Waals surface area contributed by atoms with Crippen molar-refractivity contribution in [3.05, 3.63) is 107 Å². The first-order chi connectivity index (χ1) is 15.5. The molecule has 0 saturated carbocycles. The van der Waals surface area contributed by atoms with Crippen molar-refractivity contribution in [1.82, 2.24) is 0 Å². The fourth-order valence-electron chi connectivity index (χ4n) is 5.06. The third-order valence-corrected chi connectivity index (χ3v) is 7.52. The van der Waals surface area contributed by atoms with E-state index in [9.17, 15) is 0 Å². The highest BCUT2D eigenvalue weighted by molar-refractivity contribution is 7.99. The molecule has 0 fully saturated rings. The van der Waals surface area contributed by atoms with Gasteiger partial charge >= 0.3 is 0 Å². The highest BCUT2D eigenvalue weighted by Crippen LogP contribution is 2.48. The summed E-state index contributed by atoms with van der Waals surface area (Å²) in [5.41, 5.74) is 11.6. The summed E-state index contributed by atoms with van der Waals surface area (Å²) in [5, 5.41) is 0. The summed E-state index contributed by atoms with van der Waals surface area (Å²) in [5.74, 6) is 0.979. The van der Waals surface area contributed by atoms with Crippen molar-refractivity contribution in [2.75, 3.05) is 0 Å². The molecular weight excluding hydrogens is 404 g/mol. The average molecular weight is 435 g/mol. The van der Waals surface area contributed by atoms with Crippen molar-refractivity contribution in [3.8, 4) is 22.3 Å². The number of hydrogen-bond acceptors (Lipinski definition) is 1. The van der Waals surface area contributed by atoms with Crippen LogP contribution in [0.15, 0.2) is 94.7 Å². The Morgan fingerprint density at radius 3 is 2.00 bits per heavy atom. The van der Waals surface area contributed by atoms with E-state index in [1.165, 1.54) is 54.3 Å². The van der Waals surface area contributed by atoms with Crippen molar-refractivity contribution in [2.45, 2.75) is 55.7 Å². The summed E-state index contributed by atoms with van der Waals surface area (Å²) in [6, 6.07) is 31.3. The molecule has 0 N–H and O–H groups in total. The SMILES string of the molecule is CC(C)c1cc2c(c(-c3ccc(Sc4ccccc4)cc3)c1C(C)C)Cc1ccccc1-2. The van der Waals surface area contributed by atoms with Gasteiger partial charge in [0.2, 0.25) is 0 Å². The molecule has 32 heavy (non-hydrogen) atoms. The molecule has 0 aliphatic heterocycles. The zero-order chi connectivity index (χ0) is 22.2. The van der Waals surface area contributed by atoms with Crippen molar-refractivity contribution < 1.29 is 0 Å². The van der Waals surface area contributed by atoms with E-state index in [-0.39, 0.29) is 0 Å². The Bertz CT molecular complexity index is 1250. The van der Waals surface area contributed by atoms with Gasteiger partial charge in [-0.2, -0.15) is 0 Å². The van der Waals surface area contributed by atoms with Crippen LogP contribution in [0.25, 0.3) is 22.3 Å². The third kappa shape index (κ3) is 3.80. The predicted molar refractivity (Wildman–Crippen MR) is 139 cm³/mol. The summed E-state index contributed by atoms with van der Waals surface area (Å²) >= 11 is 1.83. The zero-order valence-corrected chi connectivity index (χ0v) is 20.2. The molecule has 160 valence electrons. The van der Waals surface area contributed by atoms with Crippen LogP contribution in [0.3, 0.4) is 0 Å². The Labute approximate surface area is 196 Å². The van der Waals surface area contributed by atoms with E-state index >= 15 is 0 Å². The molecule has 1 aliphatic carbocycles. The number of benzene rings is 4. The van der Waals surface area contributed by atoms with Crippen LogP contribution < -0.4 is 0 Å². The maximum absolute atomic E-state index is 2.49. The minimum absolute atomic E-state index is 0.481. The Kier molecular flexibility index (Phi) is 5.69. The van der Waals surface area contributed by atoms with Crippen LogP contribution in [0, 0.1) is 0 Å². The van der Waals surface area contributed by atoms with Gasteiger partial charge in [0.25, 0.3) is 0 Å². The monoisotopic (exact) mass is 434 g/mol. The van der Waals surface area contributed by atoms with Crippen molar-refractivity contribution in [3.63, 3.8) is 0 Å². The van der Waals surface area contributed by atoms with E-state index in [1.807, 2.05) is 11.8 Å². The van der Waals surface area contributed by atoms with Crippen LogP contribution in [-0.2, 0) is 6.42 Å². The van der Waals surface area contributed by atoms with Crippen LogP contribution in [0.1, 0.15) is 61.8 Å². The molecule has 4 aromatic carbocycles. The smallest absolute Gasteiger partial charge is 0.0122 e. The zero-order valence-electron chi connectivity index (χ0n) is 19.4. The van der Waals surface area contributed by atoms with Gasteiger partial charge < -0.3 is 0 Å². The minimum Gasteiger partial charge on any atom is -0.0901 e. The molecule has 0 saturated heterocycles. The molecule has 0 nitrogen and oxygen atoms in total. The lowest BCUT2D eigenvalue weighted by Crippen LogP contribution is -2.05. The lowest BCUT2D eigenvalue weighted by molar-refractivity contribution is 0.791. The summed E-state index contributed by atoms with van der Waals surface area (Å²) in [7, 11) is 0. The molecule has 4 aromatic rings. The van der Waals surface area contributed by atoms with Gasteiger partial charge in [-0.15, -0.1) is 0 Å². The van der Waals surface area contributed by atoms with Gasteiger partial charge in [0.05, 0.1) is 0 Å². The Hall–Kier alpha value is -2.77. The van der Waals surface area contributed by atoms with E-state index in [4.69, 9.17) is 0 Å². The van der Waals surface area contributed by atoms with Gasteiger partial charge in [0.1, 0.15) is 0 Å². The van der Waals surface area contributed by atoms with Gasteiger partial charge in [-0.25, -0.2) is 0 Å². The maximum Gasteiger partial charge on any atom is 0.0122 e. The summed E-state index contributed by atoms with van der Waals surface area (Å²) in [6.45, 7) is 9.35. The second-order valence-corrected chi connectivity index (χ2v) is 10.5. The van der Waals surface area contributed by atoms with E-state index < -0.39 is 0 Å². The minimum atomic E-state index is 0.481. The Morgan fingerprint density at radius 2 is 1.31 bits per heavy atom. The maximum atomic E-state index is 2.49. The first-order valence-corrected chi connectivity index (χ1v) is 12.5. The van der Waals surface area contributed by atoms with Crippen LogP contribution in [0.2, 0.25) is 0 Å². The highest BCUT2D eigenvalue weighted by atomic mass is 32.2. The van der Waals surface area contributed by atoms with Gasteiger partial charge in [-0.3, -0.25) is 0 Å². The standard InChI is InChI=1S/C31H30S/c1-20(2)27-19-28-26-13-9-8-10-23(26)18-29(28)31(30(27)21(3)4)22-14-16-25(17-15-22)32-24-11-6-5-7-12-24/h5-17,19-21H,18H2,1-4H3. The molecule has 0 heterocycles. The Balaban J connectivity index is 1.65. The van der Waals surface area contributed by atoms with Crippen LogP contribution >= 0.6 is 11.8 Å². The Morgan fingerprint density at radius 1 is 0.656 bits per heavy atom. The number of fused-ring (bicyclic) bond motifs is 3. The average Bonchev–Trinajstić information content (AvgIpc) is 3.17. The topological polar surface area (TPSA) is 0 Å². The molecule has 0 unspecified atom stereocenters. The van der Waals surface area contributed by atoms with Crippen molar-refractivity contribution in [2.24, 2.45) is 0 Å². The van der Waals surface area contributed by atoms with Crippen LogP contribution in [0.4, 0.5) is 0 Å². The molecule has 0 radical (unpaired) electrons. The molecule has 0 amide bonds. The summed E-state index contributed by atoms with van der Waals surface area (Å²) < 4.78 is 0. The van der Waals surface area contributed by atoms with E-state index in [1.54, 1.807) is 0 Å². The molecule has 0 spiro atoms. The lowest BCUT2D eigenvalue weighted by Gasteiger charge is -2.24. The van der Waals surface area contributed by atoms with E-state index in [0.29, 0.717) is 11.8 Å². The molecule has 0 bridgehead atoms. The van der Waals surface area contributed by atoms with Crippen LogP contribution in [-0.4, -0.2) is 0 Å². The first kappa shape index (κ1) is 21.1. The molecule has 1 heteroatoms. The fourth-order valence-corrected chi connectivity index (χ4v) is 5.89. The second-order valence-electron chi connectivity index (χ2n) is 9.36. The van der Waals surface area contributed by atoms with Crippen molar-refractivity contribution >= 4 is 11.8 Å². The molecule has 5 rings (SSSR count). The van der Waals surface area contributed by atoms with Gasteiger partial charge in [0.15, 0.2) is 0 Å².